The maximum Gasteiger partial charge on any atom is 0.433 e. The van der Waals surface area contributed by atoms with Crippen molar-refractivity contribution in [2.45, 2.75) is 6.92 Å². The van der Waals surface area contributed by atoms with Crippen molar-refractivity contribution in [3.8, 4) is 0 Å². The molecule has 0 radical (unpaired) electrons. The molecule has 0 N–H and O–H groups in total. The predicted molar refractivity (Wildman–Crippen MR) is 79.8 cm³/mol. The Balaban J connectivity index is 1.94. The topological polar surface area (TPSA) is 98.8 Å². The van der Waals surface area contributed by atoms with Gasteiger partial charge in [-0.1, -0.05) is 0 Å². The molecule has 0 bridgehead atoms. The number of aryl methyl sites for hydroxylation is 1. The summed E-state index contributed by atoms with van der Waals surface area (Å²) in [5, 5.41) is 10.9. The fourth-order valence-corrected chi connectivity index (χ4v) is 1.99. The zero-order valence-electron chi connectivity index (χ0n) is 11.5. The van der Waals surface area contributed by atoms with Crippen LogP contribution >= 0.6 is 0 Å². The SMILES string of the molecule is Cc1cc(=O)c2cc(N=Cc3ccc([N+](=O)[O-])o3)ccc2o1. The lowest BCUT2D eigenvalue weighted by Crippen LogP contribution is -1.99. The van der Waals surface area contributed by atoms with E-state index in [0.717, 1.165) is 0 Å². The summed E-state index contributed by atoms with van der Waals surface area (Å²) in [5.41, 5.74) is 0.852. The molecular weight excluding hydrogens is 288 g/mol. The van der Waals surface area contributed by atoms with E-state index >= 15 is 0 Å². The Hall–Kier alpha value is -3.22. The van der Waals surface area contributed by atoms with Crippen molar-refractivity contribution < 1.29 is 13.8 Å². The second-order valence-electron chi connectivity index (χ2n) is 4.59. The fourth-order valence-electron chi connectivity index (χ4n) is 1.99. The van der Waals surface area contributed by atoms with Crippen LogP contribution in [0.5, 0.6) is 0 Å². The molecule has 0 saturated heterocycles. The van der Waals surface area contributed by atoms with Crippen molar-refractivity contribution in [2.75, 3.05) is 0 Å². The average molecular weight is 298 g/mol. The highest BCUT2D eigenvalue weighted by Gasteiger charge is 2.10. The maximum absolute atomic E-state index is 11.9. The van der Waals surface area contributed by atoms with Crippen LogP contribution < -0.4 is 5.43 Å². The van der Waals surface area contributed by atoms with Gasteiger partial charge in [0, 0.05) is 6.07 Å². The van der Waals surface area contributed by atoms with Gasteiger partial charge < -0.3 is 8.83 Å². The third kappa shape index (κ3) is 2.64. The molecule has 0 amide bonds. The van der Waals surface area contributed by atoms with Crippen molar-refractivity contribution in [1.29, 1.82) is 0 Å². The Morgan fingerprint density at radius 3 is 2.73 bits per heavy atom. The molecule has 22 heavy (non-hydrogen) atoms. The molecule has 0 spiro atoms. The summed E-state index contributed by atoms with van der Waals surface area (Å²) in [6.07, 6.45) is 1.35. The van der Waals surface area contributed by atoms with E-state index in [1.54, 1.807) is 25.1 Å². The number of rotatable bonds is 3. The molecule has 3 aromatic rings. The number of hydrogen-bond acceptors (Lipinski definition) is 6. The van der Waals surface area contributed by atoms with Gasteiger partial charge in [-0.2, -0.15) is 0 Å². The molecule has 7 heteroatoms. The molecule has 0 aliphatic rings. The van der Waals surface area contributed by atoms with Gasteiger partial charge in [0.15, 0.2) is 11.2 Å². The number of nitro groups is 1. The molecule has 2 heterocycles. The van der Waals surface area contributed by atoms with Crippen molar-refractivity contribution in [3.05, 3.63) is 68.3 Å². The van der Waals surface area contributed by atoms with Crippen molar-refractivity contribution >= 4 is 28.8 Å². The minimum Gasteiger partial charge on any atom is -0.461 e. The zero-order valence-corrected chi connectivity index (χ0v) is 11.5. The van der Waals surface area contributed by atoms with Crippen molar-refractivity contribution in [1.82, 2.24) is 0 Å². The van der Waals surface area contributed by atoms with E-state index in [0.29, 0.717) is 22.4 Å². The van der Waals surface area contributed by atoms with E-state index in [1.165, 1.54) is 24.4 Å². The quantitative estimate of drug-likeness (QED) is 0.419. The smallest absolute Gasteiger partial charge is 0.433 e. The van der Waals surface area contributed by atoms with Crippen LogP contribution in [0.1, 0.15) is 11.5 Å². The highest BCUT2D eigenvalue weighted by atomic mass is 16.6. The molecule has 0 aliphatic carbocycles. The number of furan rings is 1. The van der Waals surface area contributed by atoms with Crippen LogP contribution in [-0.2, 0) is 0 Å². The summed E-state index contributed by atoms with van der Waals surface area (Å²) >= 11 is 0. The molecular formula is C15H10N2O5. The zero-order chi connectivity index (χ0) is 15.7. The summed E-state index contributed by atoms with van der Waals surface area (Å²) < 4.78 is 10.4. The lowest BCUT2D eigenvalue weighted by Gasteiger charge is -1.99. The molecule has 0 fully saturated rings. The van der Waals surface area contributed by atoms with Gasteiger partial charge in [0.2, 0.25) is 0 Å². The largest absolute Gasteiger partial charge is 0.461 e. The Bertz CT molecular complexity index is 952. The van der Waals surface area contributed by atoms with Gasteiger partial charge in [0.1, 0.15) is 16.3 Å². The van der Waals surface area contributed by atoms with E-state index in [-0.39, 0.29) is 17.1 Å². The van der Waals surface area contributed by atoms with Gasteiger partial charge in [-0.05, 0) is 31.2 Å². The van der Waals surface area contributed by atoms with E-state index in [9.17, 15) is 14.9 Å². The summed E-state index contributed by atoms with van der Waals surface area (Å²) in [6.45, 7) is 1.71. The van der Waals surface area contributed by atoms with E-state index in [4.69, 9.17) is 8.83 Å². The first-order chi connectivity index (χ1) is 10.5. The fraction of sp³-hybridized carbons (Fsp3) is 0.0667. The van der Waals surface area contributed by atoms with Crippen LogP contribution in [0.15, 0.2) is 55.0 Å². The van der Waals surface area contributed by atoms with Gasteiger partial charge in [-0.25, -0.2) is 0 Å². The van der Waals surface area contributed by atoms with Gasteiger partial charge in [-0.15, -0.1) is 0 Å². The molecule has 0 aliphatic heterocycles. The van der Waals surface area contributed by atoms with Crippen LogP contribution in [-0.4, -0.2) is 11.1 Å². The summed E-state index contributed by atoms with van der Waals surface area (Å²) in [6, 6.07) is 9.03. The molecule has 2 aromatic heterocycles. The molecule has 0 atom stereocenters. The second kappa shape index (κ2) is 5.28. The van der Waals surface area contributed by atoms with Gasteiger partial charge in [0.25, 0.3) is 0 Å². The Morgan fingerprint density at radius 1 is 1.18 bits per heavy atom. The predicted octanol–water partition coefficient (Wildman–Crippen LogP) is 3.35. The van der Waals surface area contributed by atoms with Crippen molar-refractivity contribution in [3.63, 3.8) is 0 Å². The molecule has 1 aromatic carbocycles. The van der Waals surface area contributed by atoms with Gasteiger partial charge >= 0.3 is 5.88 Å². The monoisotopic (exact) mass is 298 g/mol. The third-order valence-electron chi connectivity index (χ3n) is 2.97. The second-order valence-corrected chi connectivity index (χ2v) is 4.59. The third-order valence-corrected chi connectivity index (χ3v) is 2.97. The van der Waals surface area contributed by atoms with E-state index < -0.39 is 4.92 Å². The number of benzene rings is 1. The standard InChI is InChI=1S/C15H10N2O5/c1-9-6-13(18)12-7-10(2-4-14(12)21-9)16-8-11-3-5-15(22-11)17(19)20/h2-8H,1H3. The lowest BCUT2D eigenvalue weighted by atomic mass is 10.2. The Labute approximate surface area is 123 Å². The minimum atomic E-state index is -0.624. The van der Waals surface area contributed by atoms with Gasteiger partial charge in [-0.3, -0.25) is 19.9 Å². The van der Waals surface area contributed by atoms with E-state index in [1.807, 2.05) is 0 Å². The van der Waals surface area contributed by atoms with E-state index in [2.05, 4.69) is 4.99 Å². The maximum atomic E-state index is 11.9. The van der Waals surface area contributed by atoms with Crippen LogP contribution in [0, 0.1) is 17.0 Å². The molecule has 3 rings (SSSR count). The number of nitrogens with zero attached hydrogens (tertiary/aromatic N) is 2. The molecule has 0 unspecified atom stereocenters. The van der Waals surface area contributed by atoms with Crippen LogP contribution in [0.3, 0.4) is 0 Å². The first-order valence-electron chi connectivity index (χ1n) is 6.36. The summed E-state index contributed by atoms with van der Waals surface area (Å²) in [5.74, 6) is 0.440. The van der Waals surface area contributed by atoms with Crippen molar-refractivity contribution in [2.24, 2.45) is 4.99 Å². The normalized spacial score (nSPS) is 11.3. The first-order valence-corrected chi connectivity index (χ1v) is 6.36. The first kappa shape index (κ1) is 13.7. The minimum absolute atomic E-state index is 0.149. The average Bonchev–Trinajstić information content (AvgIpc) is 2.94. The molecule has 0 saturated carbocycles. The molecule has 110 valence electrons. The van der Waals surface area contributed by atoms with Crippen LogP contribution in [0.25, 0.3) is 11.0 Å². The Kier molecular flexibility index (Phi) is 3.30. The lowest BCUT2D eigenvalue weighted by molar-refractivity contribution is -0.402. The summed E-state index contributed by atoms with van der Waals surface area (Å²) in [7, 11) is 0. The number of fused-ring (bicyclic) bond motifs is 1. The molecule has 7 nitrogen and oxygen atoms in total. The Morgan fingerprint density at radius 2 is 2.00 bits per heavy atom. The van der Waals surface area contributed by atoms with Crippen LogP contribution in [0.2, 0.25) is 0 Å². The van der Waals surface area contributed by atoms with Crippen LogP contribution in [0.4, 0.5) is 11.6 Å². The van der Waals surface area contributed by atoms with Gasteiger partial charge in [0.05, 0.1) is 23.4 Å². The highest BCUT2D eigenvalue weighted by molar-refractivity contribution is 5.83. The highest BCUT2D eigenvalue weighted by Crippen LogP contribution is 2.20. The number of hydrogen-bond donors (Lipinski definition) is 0. The number of aliphatic imine (C=N–C) groups is 1. The summed E-state index contributed by atoms with van der Waals surface area (Å²) in [4.78, 5) is 25.9.